The molecule has 1 amide bonds. The van der Waals surface area contributed by atoms with Gasteiger partial charge in [0.05, 0.1) is 0 Å². The first-order valence-electron chi connectivity index (χ1n) is 6.97. The zero-order chi connectivity index (χ0) is 13.2. The second-order valence-electron chi connectivity index (χ2n) is 5.37. The summed E-state index contributed by atoms with van der Waals surface area (Å²) >= 11 is 0. The van der Waals surface area contributed by atoms with E-state index in [4.69, 9.17) is 5.73 Å². The number of carbonyl (C=O) groups excluding carboxylic acids is 1. The molecule has 0 spiro atoms. The van der Waals surface area contributed by atoms with Gasteiger partial charge in [-0.25, -0.2) is 4.98 Å². The maximum Gasteiger partial charge on any atom is 0.267 e. The van der Waals surface area contributed by atoms with Crippen LogP contribution in [0, 0.1) is 0 Å². The Labute approximate surface area is 113 Å². The summed E-state index contributed by atoms with van der Waals surface area (Å²) in [6.45, 7) is 4.22. The molecule has 1 fully saturated rings. The fraction of sp³-hybridized carbons (Fsp3) is 0.571. The van der Waals surface area contributed by atoms with E-state index in [0.29, 0.717) is 11.7 Å². The fourth-order valence-electron chi connectivity index (χ4n) is 3.06. The third-order valence-corrected chi connectivity index (χ3v) is 4.16. The largest absolute Gasteiger partial charge is 0.364 e. The van der Waals surface area contributed by atoms with Crippen LogP contribution in [0.3, 0.4) is 0 Å². The normalized spacial score (nSPS) is 21.1. The van der Waals surface area contributed by atoms with Gasteiger partial charge in [-0.15, -0.1) is 0 Å². The molecule has 0 saturated carbocycles. The molecule has 3 rings (SSSR count). The highest BCUT2D eigenvalue weighted by atomic mass is 16.1. The lowest BCUT2D eigenvalue weighted by Gasteiger charge is -2.37. The van der Waals surface area contributed by atoms with Crippen LogP contribution in [-0.4, -0.2) is 41.5 Å². The van der Waals surface area contributed by atoms with Crippen LogP contribution in [0.25, 0.3) is 0 Å². The number of hydrogen-bond acceptors (Lipinski definition) is 4. The van der Waals surface area contributed by atoms with Gasteiger partial charge in [-0.3, -0.25) is 9.69 Å². The third kappa shape index (κ3) is 2.62. The summed E-state index contributed by atoms with van der Waals surface area (Å²) in [5, 5.41) is 3.40. The van der Waals surface area contributed by atoms with Crippen molar-refractivity contribution in [1.29, 1.82) is 0 Å². The van der Waals surface area contributed by atoms with Crippen LogP contribution < -0.4 is 11.1 Å². The number of primary amides is 1. The van der Waals surface area contributed by atoms with E-state index in [1.807, 2.05) is 6.07 Å². The predicted octanol–water partition coefficient (Wildman–Crippen LogP) is 0.291. The number of amides is 1. The molecule has 2 aliphatic heterocycles. The maximum absolute atomic E-state index is 11.1. The number of pyridine rings is 1. The molecule has 0 atom stereocenters. The molecule has 5 heteroatoms. The van der Waals surface area contributed by atoms with Gasteiger partial charge in [0, 0.05) is 31.2 Å². The topological polar surface area (TPSA) is 71.2 Å². The van der Waals surface area contributed by atoms with E-state index >= 15 is 0 Å². The van der Waals surface area contributed by atoms with E-state index in [-0.39, 0.29) is 0 Å². The molecule has 0 unspecified atom stereocenters. The van der Waals surface area contributed by atoms with E-state index in [1.165, 1.54) is 18.4 Å². The minimum Gasteiger partial charge on any atom is -0.364 e. The summed E-state index contributed by atoms with van der Waals surface area (Å²) < 4.78 is 0. The van der Waals surface area contributed by atoms with Crippen LogP contribution in [0.1, 0.15) is 34.6 Å². The van der Waals surface area contributed by atoms with Crippen LogP contribution in [0.15, 0.2) is 12.1 Å². The number of nitrogens with zero attached hydrogens (tertiary/aromatic N) is 2. The smallest absolute Gasteiger partial charge is 0.267 e. The van der Waals surface area contributed by atoms with Gasteiger partial charge >= 0.3 is 0 Å². The van der Waals surface area contributed by atoms with Crippen molar-refractivity contribution < 1.29 is 4.79 Å². The summed E-state index contributed by atoms with van der Waals surface area (Å²) in [6.07, 6.45) is 3.37. The van der Waals surface area contributed by atoms with Crippen LogP contribution >= 0.6 is 0 Å². The minimum atomic E-state index is -0.441. The number of piperidine rings is 1. The molecule has 0 bridgehead atoms. The second-order valence-corrected chi connectivity index (χ2v) is 5.37. The number of nitrogens with two attached hydrogens (primary N) is 1. The number of hydrogen-bond donors (Lipinski definition) is 2. The molecule has 0 aliphatic carbocycles. The summed E-state index contributed by atoms with van der Waals surface area (Å²) in [6, 6.07) is 4.44. The standard InChI is InChI=1S/C14H20N4O/c15-14(19)13-2-1-10-9-18(8-5-12(10)17-13)11-3-6-16-7-4-11/h1-2,11,16H,3-9H2,(H2,15,19). The number of aromatic nitrogens is 1. The summed E-state index contributed by atoms with van der Waals surface area (Å²) in [5.41, 5.74) is 7.94. The van der Waals surface area contributed by atoms with Gasteiger partial charge in [0.25, 0.3) is 5.91 Å². The van der Waals surface area contributed by atoms with Crippen LogP contribution in [-0.2, 0) is 13.0 Å². The number of carbonyl (C=O) groups is 1. The van der Waals surface area contributed by atoms with Crippen LogP contribution in [0.5, 0.6) is 0 Å². The highest BCUT2D eigenvalue weighted by Crippen LogP contribution is 2.22. The fourth-order valence-corrected chi connectivity index (χ4v) is 3.06. The van der Waals surface area contributed by atoms with Crippen LogP contribution in [0.4, 0.5) is 0 Å². The van der Waals surface area contributed by atoms with Crippen molar-refractivity contribution in [3.05, 3.63) is 29.1 Å². The number of nitrogens with one attached hydrogen (secondary N) is 1. The van der Waals surface area contributed by atoms with Gasteiger partial charge in [-0.05, 0) is 37.6 Å². The van der Waals surface area contributed by atoms with Crippen molar-refractivity contribution >= 4 is 5.91 Å². The Hall–Kier alpha value is -1.46. The second kappa shape index (κ2) is 5.27. The Morgan fingerprint density at radius 1 is 1.37 bits per heavy atom. The quantitative estimate of drug-likeness (QED) is 0.802. The summed E-state index contributed by atoms with van der Waals surface area (Å²) in [7, 11) is 0. The maximum atomic E-state index is 11.1. The van der Waals surface area contributed by atoms with Crippen molar-refractivity contribution in [3.8, 4) is 0 Å². The van der Waals surface area contributed by atoms with E-state index < -0.39 is 5.91 Å². The number of fused-ring (bicyclic) bond motifs is 1. The molecule has 19 heavy (non-hydrogen) atoms. The highest BCUT2D eigenvalue weighted by molar-refractivity contribution is 5.90. The van der Waals surface area contributed by atoms with Crippen molar-refractivity contribution in [3.63, 3.8) is 0 Å². The Morgan fingerprint density at radius 3 is 2.89 bits per heavy atom. The van der Waals surface area contributed by atoms with Gasteiger partial charge in [-0.1, -0.05) is 6.07 Å². The Kier molecular flexibility index (Phi) is 3.48. The molecule has 3 N–H and O–H groups in total. The minimum absolute atomic E-state index is 0.383. The van der Waals surface area contributed by atoms with Gasteiger partial charge in [0.1, 0.15) is 5.69 Å². The Morgan fingerprint density at radius 2 is 2.16 bits per heavy atom. The van der Waals surface area contributed by atoms with Crippen LogP contribution in [0.2, 0.25) is 0 Å². The van der Waals surface area contributed by atoms with Gasteiger partial charge in [-0.2, -0.15) is 0 Å². The molecular weight excluding hydrogens is 240 g/mol. The van der Waals surface area contributed by atoms with E-state index in [2.05, 4.69) is 15.2 Å². The SMILES string of the molecule is NC(=O)c1ccc2c(n1)CCN(C1CCNCC1)C2. The first-order valence-corrected chi connectivity index (χ1v) is 6.97. The van der Waals surface area contributed by atoms with E-state index in [1.54, 1.807) is 6.07 Å². The third-order valence-electron chi connectivity index (χ3n) is 4.16. The lowest BCUT2D eigenvalue weighted by atomic mass is 9.99. The molecule has 2 aliphatic rings. The average molecular weight is 260 g/mol. The molecule has 0 aromatic carbocycles. The molecule has 102 valence electrons. The molecule has 1 saturated heterocycles. The van der Waals surface area contributed by atoms with E-state index in [0.717, 1.165) is 38.3 Å². The van der Waals surface area contributed by atoms with Gasteiger partial charge in [0.15, 0.2) is 0 Å². The predicted molar refractivity (Wildman–Crippen MR) is 72.8 cm³/mol. The van der Waals surface area contributed by atoms with Gasteiger partial charge < -0.3 is 11.1 Å². The lowest BCUT2D eigenvalue weighted by Crippen LogP contribution is -2.45. The van der Waals surface area contributed by atoms with Crippen molar-refractivity contribution in [2.75, 3.05) is 19.6 Å². The first-order chi connectivity index (χ1) is 9.24. The van der Waals surface area contributed by atoms with Crippen molar-refractivity contribution in [1.82, 2.24) is 15.2 Å². The van der Waals surface area contributed by atoms with Crippen molar-refractivity contribution in [2.24, 2.45) is 5.73 Å². The number of rotatable bonds is 2. The monoisotopic (exact) mass is 260 g/mol. The zero-order valence-electron chi connectivity index (χ0n) is 11.1. The lowest BCUT2D eigenvalue weighted by molar-refractivity contribution is 0.0994. The first kappa shape index (κ1) is 12.6. The molecular formula is C14H20N4O. The van der Waals surface area contributed by atoms with Gasteiger partial charge in [0.2, 0.25) is 0 Å². The molecule has 5 nitrogen and oxygen atoms in total. The zero-order valence-corrected chi connectivity index (χ0v) is 11.1. The average Bonchev–Trinajstić information content (AvgIpc) is 2.47. The molecule has 0 radical (unpaired) electrons. The summed E-state index contributed by atoms with van der Waals surface area (Å²) in [4.78, 5) is 18.1. The molecule has 3 heterocycles. The molecule has 1 aromatic rings. The molecule has 1 aromatic heterocycles. The Bertz CT molecular complexity index is 482. The van der Waals surface area contributed by atoms with Crippen molar-refractivity contribution in [2.45, 2.75) is 31.8 Å². The highest BCUT2D eigenvalue weighted by Gasteiger charge is 2.25. The van der Waals surface area contributed by atoms with E-state index in [9.17, 15) is 4.79 Å². The summed E-state index contributed by atoms with van der Waals surface area (Å²) in [5.74, 6) is -0.441. The Balaban J connectivity index is 1.75.